The van der Waals surface area contributed by atoms with E-state index in [1.165, 1.54) is 24.4 Å². The molecular formula is C12H8F3N3O2. The minimum atomic E-state index is -4.59. The van der Waals surface area contributed by atoms with E-state index in [1.54, 1.807) is 0 Å². The van der Waals surface area contributed by atoms with Crippen LogP contribution in [-0.4, -0.2) is 22.2 Å². The zero-order chi connectivity index (χ0) is 14.5. The summed E-state index contributed by atoms with van der Waals surface area (Å²) in [5.74, 6) is -1.05. The minimum absolute atomic E-state index is 0.108. The van der Waals surface area contributed by atoms with E-state index in [4.69, 9.17) is 5.11 Å². The van der Waals surface area contributed by atoms with Crippen molar-refractivity contribution in [2.24, 2.45) is 10.2 Å². The lowest BCUT2D eigenvalue weighted by Crippen LogP contribution is -2.30. The second kappa shape index (κ2) is 3.81. The van der Waals surface area contributed by atoms with E-state index in [9.17, 15) is 18.0 Å². The average Bonchev–Trinajstić information content (AvgIpc) is 3.08. The molecule has 0 radical (unpaired) electrons. The Labute approximate surface area is 110 Å². The molecule has 0 saturated carbocycles. The molecule has 8 heteroatoms. The Bertz CT molecular complexity index is 727. The number of alkyl halides is 3. The number of carboxylic acid groups (broad SMARTS) is 1. The average molecular weight is 283 g/mol. The SMILES string of the molecule is O=C(O)Cc1c[nH]c2ccc(C3(C(F)(F)F)N=N3)cc12. The summed E-state index contributed by atoms with van der Waals surface area (Å²) in [5.41, 5.74) is -1.60. The number of aromatic nitrogens is 1. The molecule has 104 valence electrons. The number of aromatic amines is 1. The monoisotopic (exact) mass is 283 g/mol. The molecule has 1 aliphatic heterocycles. The minimum Gasteiger partial charge on any atom is -0.481 e. The van der Waals surface area contributed by atoms with Crippen LogP contribution < -0.4 is 0 Å². The predicted octanol–water partition coefficient (Wildman–Crippen LogP) is 2.98. The fourth-order valence-corrected chi connectivity index (χ4v) is 2.15. The number of fused-ring (bicyclic) bond motifs is 1. The van der Waals surface area contributed by atoms with Gasteiger partial charge in [0.05, 0.1) is 6.42 Å². The highest BCUT2D eigenvalue weighted by Gasteiger charge is 2.65. The molecule has 0 unspecified atom stereocenters. The number of rotatable bonds is 3. The largest absolute Gasteiger partial charge is 0.481 e. The number of hydrogen-bond acceptors (Lipinski definition) is 3. The Morgan fingerprint density at radius 2 is 2.05 bits per heavy atom. The van der Waals surface area contributed by atoms with Gasteiger partial charge < -0.3 is 10.1 Å². The van der Waals surface area contributed by atoms with Crippen LogP contribution >= 0.6 is 0 Å². The second-order valence-corrected chi connectivity index (χ2v) is 4.51. The fourth-order valence-electron chi connectivity index (χ4n) is 2.15. The molecule has 2 aromatic rings. The fraction of sp³-hybridized carbons (Fsp3) is 0.250. The van der Waals surface area contributed by atoms with Crippen LogP contribution in [-0.2, 0) is 16.9 Å². The maximum Gasteiger partial charge on any atom is 0.442 e. The third-order valence-electron chi connectivity index (χ3n) is 3.21. The molecule has 20 heavy (non-hydrogen) atoms. The van der Waals surface area contributed by atoms with E-state index in [2.05, 4.69) is 15.2 Å². The molecule has 2 heterocycles. The molecule has 3 rings (SSSR count). The number of H-pyrrole nitrogens is 1. The summed E-state index contributed by atoms with van der Waals surface area (Å²) in [6.07, 6.45) is -3.38. The molecule has 0 spiro atoms. The lowest BCUT2D eigenvalue weighted by Gasteiger charge is -2.14. The number of nitrogens with zero attached hydrogens (tertiary/aromatic N) is 2. The lowest BCUT2D eigenvalue weighted by atomic mass is 9.99. The first-order valence-electron chi connectivity index (χ1n) is 5.66. The van der Waals surface area contributed by atoms with Crippen molar-refractivity contribution in [1.82, 2.24) is 4.98 Å². The Kier molecular flexibility index (Phi) is 2.41. The molecule has 1 aromatic carbocycles. The summed E-state index contributed by atoms with van der Waals surface area (Å²) in [7, 11) is 0. The first-order valence-corrected chi connectivity index (χ1v) is 5.66. The highest BCUT2D eigenvalue weighted by atomic mass is 19.4. The van der Waals surface area contributed by atoms with Gasteiger partial charge >= 0.3 is 17.8 Å². The van der Waals surface area contributed by atoms with Crippen LogP contribution in [0, 0.1) is 0 Å². The molecule has 5 nitrogen and oxygen atoms in total. The van der Waals surface area contributed by atoms with Gasteiger partial charge in [-0.1, -0.05) is 6.07 Å². The Hall–Kier alpha value is -2.38. The van der Waals surface area contributed by atoms with Crippen LogP contribution in [0.3, 0.4) is 0 Å². The predicted molar refractivity (Wildman–Crippen MR) is 62.2 cm³/mol. The molecule has 0 bridgehead atoms. The Balaban J connectivity index is 2.09. The highest BCUT2D eigenvalue weighted by Crippen LogP contribution is 2.52. The smallest absolute Gasteiger partial charge is 0.442 e. The van der Waals surface area contributed by atoms with Crippen LogP contribution in [0.5, 0.6) is 0 Å². The van der Waals surface area contributed by atoms with Crippen molar-refractivity contribution in [3.05, 3.63) is 35.5 Å². The molecule has 0 saturated heterocycles. The number of halogens is 3. The van der Waals surface area contributed by atoms with Gasteiger partial charge in [-0.15, -0.1) is 10.2 Å². The van der Waals surface area contributed by atoms with Gasteiger partial charge in [0.2, 0.25) is 0 Å². The van der Waals surface area contributed by atoms with E-state index in [0.717, 1.165) is 0 Å². The number of aliphatic carboxylic acids is 1. The summed E-state index contributed by atoms with van der Waals surface area (Å²) in [6.45, 7) is 0. The topological polar surface area (TPSA) is 77.8 Å². The zero-order valence-electron chi connectivity index (χ0n) is 9.90. The third kappa shape index (κ3) is 1.75. The van der Waals surface area contributed by atoms with Gasteiger partial charge in [0.25, 0.3) is 0 Å². The van der Waals surface area contributed by atoms with Crippen molar-refractivity contribution in [1.29, 1.82) is 0 Å². The van der Waals surface area contributed by atoms with Crippen molar-refractivity contribution >= 4 is 16.9 Å². The summed E-state index contributed by atoms with van der Waals surface area (Å²) in [6, 6.07) is 4.04. The van der Waals surface area contributed by atoms with Gasteiger partial charge in [-0.25, -0.2) is 0 Å². The summed E-state index contributed by atoms with van der Waals surface area (Å²) in [4.78, 5) is 13.6. The summed E-state index contributed by atoms with van der Waals surface area (Å²) in [5, 5.41) is 15.5. The van der Waals surface area contributed by atoms with E-state index in [-0.39, 0.29) is 12.0 Å². The van der Waals surface area contributed by atoms with Gasteiger partial charge in [0.15, 0.2) is 0 Å². The highest BCUT2D eigenvalue weighted by molar-refractivity contribution is 5.87. The lowest BCUT2D eigenvalue weighted by molar-refractivity contribution is -0.166. The first kappa shape index (κ1) is 12.6. The number of benzene rings is 1. The molecule has 1 aromatic heterocycles. The summed E-state index contributed by atoms with van der Waals surface area (Å²) >= 11 is 0. The van der Waals surface area contributed by atoms with Crippen molar-refractivity contribution < 1.29 is 23.1 Å². The van der Waals surface area contributed by atoms with Gasteiger partial charge in [-0.2, -0.15) is 13.2 Å². The van der Waals surface area contributed by atoms with Gasteiger partial charge in [-0.05, 0) is 17.7 Å². The molecule has 0 amide bonds. The molecule has 0 atom stereocenters. The molecule has 0 aliphatic carbocycles. The van der Waals surface area contributed by atoms with Crippen molar-refractivity contribution in [2.45, 2.75) is 18.3 Å². The van der Waals surface area contributed by atoms with E-state index < -0.39 is 17.8 Å². The molecule has 1 aliphatic rings. The van der Waals surface area contributed by atoms with Crippen LogP contribution in [0.4, 0.5) is 13.2 Å². The van der Waals surface area contributed by atoms with Crippen LogP contribution in [0.15, 0.2) is 34.6 Å². The number of carboxylic acids is 1. The van der Waals surface area contributed by atoms with Gasteiger partial charge in [0.1, 0.15) is 0 Å². The van der Waals surface area contributed by atoms with E-state index in [1.807, 2.05) is 0 Å². The zero-order valence-corrected chi connectivity index (χ0v) is 9.90. The van der Waals surface area contributed by atoms with E-state index in [0.29, 0.717) is 16.5 Å². The Morgan fingerprint density at radius 1 is 1.35 bits per heavy atom. The summed E-state index contributed by atoms with van der Waals surface area (Å²) < 4.78 is 38.8. The standard InChI is InChI=1S/C12H8F3N3O2/c13-12(14,15)11(17-18-11)7-1-2-9-8(4-7)6(5-16-9)3-10(19)20/h1-2,4-5,16H,3H2,(H,19,20). The maximum absolute atomic E-state index is 12.9. The van der Waals surface area contributed by atoms with Crippen LogP contribution in [0.1, 0.15) is 11.1 Å². The quantitative estimate of drug-likeness (QED) is 0.908. The number of nitrogens with one attached hydrogen (secondary N) is 1. The normalized spacial score (nSPS) is 16.6. The molecular weight excluding hydrogens is 275 g/mol. The van der Waals surface area contributed by atoms with Gasteiger partial charge in [-0.3, -0.25) is 4.79 Å². The van der Waals surface area contributed by atoms with Gasteiger partial charge in [0, 0.05) is 22.7 Å². The maximum atomic E-state index is 12.9. The third-order valence-corrected chi connectivity index (χ3v) is 3.21. The van der Waals surface area contributed by atoms with Crippen molar-refractivity contribution in [3.8, 4) is 0 Å². The number of carbonyl (C=O) groups is 1. The van der Waals surface area contributed by atoms with Crippen LogP contribution in [0.2, 0.25) is 0 Å². The second-order valence-electron chi connectivity index (χ2n) is 4.51. The van der Waals surface area contributed by atoms with E-state index >= 15 is 0 Å². The number of hydrogen-bond donors (Lipinski definition) is 2. The van der Waals surface area contributed by atoms with Crippen molar-refractivity contribution in [3.63, 3.8) is 0 Å². The molecule has 0 fully saturated rings. The molecule has 2 N–H and O–H groups in total. The Morgan fingerprint density at radius 3 is 2.60 bits per heavy atom. The first-order chi connectivity index (χ1) is 9.33. The van der Waals surface area contributed by atoms with Crippen molar-refractivity contribution in [2.75, 3.05) is 0 Å². The van der Waals surface area contributed by atoms with Crippen LogP contribution in [0.25, 0.3) is 10.9 Å².